The van der Waals surface area contributed by atoms with Crippen LogP contribution in [0.4, 0.5) is 40.8 Å². The molecule has 4 rings (SSSR count). The standard InChI is InChI=1S/C33H34F8N2O3S/c1-17(13-29(33(39,40)41)43-47(45)31(3,4)5)22-14-21(9-10-26(22)35)42-30(44)24-15-25(32(36,37)38)23(19-6-7-19)16-28(24)46-27-11-8-20(34)12-18(27)2/h8-12,14-17,19,29,43H,6-7,13H2,1-5H3,(H,42,44). The summed E-state index contributed by atoms with van der Waals surface area (Å²) in [6.07, 6.45) is -9.31. The molecule has 1 aliphatic carbocycles. The number of carbonyl (C=O) groups excluding carboxylic acids is 1. The number of alkyl halides is 6. The summed E-state index contributed by atoms with van der Waals surface area (Å²) < 4.78 is 132. The summed E-state index contributed by atoms with van der Waals surface area (Å²) in [5.41, 5.74) is -1.59. The molecule has 3 unspecified atom stereocenters. The lowest BCUT2D eigenvalue weighted by Gasteiger charge is -2.30. The molecule has 3 aromatic rings. The van der Waals surface area contributed by atoms with Crippen LogP contribution >= 0.6 is 0 Å². The predicted octanol–water partition coefficient (Wildman–Crippen LogP) is 9.69. The molecule has 0 bridgehead atoms. The van der Waals surface area contributed by atoms with Crippen LogP contribution in [0, 0.1) is 18.6 Å². The topological polar surface area (TPSA) is 73.4 Å². The van der Waals surface area contributed by atoms with Crippen LogP contribution in [0.15, 0.2) is 48.5 Å². The summed E-state index contributed by atoms with van der Waals surface area (Å²) in [5, 5.41) is 2.41. The van der Waals surface area contributed by atoms with Crippen molar-refractivity contribution in [3.63, 3.8) is 0 Å². The number of hydrogen-bond acceptors (Lipinski definition) is 4. The van der Waals surface area contributed by atoms with Crippen molar-refractivity contribution in [3.8, 4) is 11.5 Å². The second-order valence-electron chi connectivity index (χ2n) is 12.6. The number of rotatable bonds is 10. The Morgan fingerprint density at radius 3 is 2.19 bits per heavy atom. The van der Waals surface area contributed by atoms with Crippen molar-refractivity contribution in [1.82, 2.24) is 4.72 Å². The first kappa shape index (κ1) is 36.5. The molecule has 0 saturated heterocycles. The smallest absolute Gasteiger partial charge is 0.416 e. The van der Waals surface area contributed by atoms with Gasteiger partial charge in [0.25, 0.3) is 5.91 Å². The van der Waals surface area contributed by atoms with Gasteiger partial charge in [-0.05, 0) is 124 Å². The molecule has 3 aromatic carbocycles. The molecule has 256 valence electrons. The van der Waals surface area contributed by atoms with Crippen molar-refractivity contribution in [2.24, 2.45) is 0 Å². The maximum Gasteiger partial charge on any atom is 0.416 e. The van der Waals surface area contributed by atoms with Crippen molar-refractivity contribution < 1.29 is 49.2 Å². The lowest BCUT2D eigenvalue weighted by Crippen LogP contribution is -2.51. The van der Waals surface area contributed by atoms with Gasteiger partial charge in [0.2, 0.25) is 0 Å². The minimum Gasteiger partial charge on any atom is -0.598 e. The van der Waals surface area contributed by atoms with Crippen LogP contribution in [-0.2, 0) is 17.5 Å². The van der Waals surface area contributed by atoms with E-state index < -0.39 is 81.4 Å². The SMILES string of the molecule is Cc1cc(F)ccc1Oc1cc(C2CC2)c(C(F)(F)F)cc1C(=O)Nc1ccc(F)c(C(C)CC(N[S+]([O-])C(C)(C)C)C(F)(F)F)c1. The highest BCUT2D eigenvalue weighted by Gasteiger charge is 2.45. The van der Waals surface area contributed by atoms with Crippen molar-refractivity contribution >= 4 is 23.0 Å². The zero-order valence-corrected chi connectivity index (χ0v) is 26.9. The molecule has 0 aromatic heterocycles. The van der Waals surface area contributed by atoms with Gasteiger partial charge in [-0.3, -0.25) is 4.79 Å². The van der Waals surface area contributed by atoms with Gasteiger partial charge in [0.15, 0.2) is 0 Å². The van der Waals surface area contributed by atoms with E-state index in [2.05, 4.69) is 10.0 Å². The number of anilines is 1. The molecule has 0 aliphatic heterocycles. The fourth-order valence-corrected chi connectivity index (χ4v) is 5.76. The van der Waals surface area contributed by atoms with Crippen LogP contribution in [0.25, 0.3) is 0 Å². The molecule has 2 N–H and O–H groups in total. The maximum absolute atomic E-state index is 14.9. The van der Waals surface area contributed by atoms with Gasteiger partial charge in [0, 0.05) is 17.0 Å². The van der Waals surface area contributed by atoms with Gasteiger partial charge in [0.05, 0.1) is 11.1 Å². The molecule has 1 saturated carbocycles. The van der Waals surface area contributed by atoms with E-state index >= 15 is 0 Å². The highest BCUT2D eigenvalue weighted by Crippen LogP contribution is 2.48. The fourth-order valence-electron chi connectivity index (χ4n) is 4.91. The molecule has 14 heteroatoms. The van der Waals surface area contributed by atoms with Gasteiger partial charge in [-0.2, -0.15) is 26.3 Å². The monoisotopic (exact) mass is 690 g/mol. The Bertz CT molecular complexity index is 1620. The van der Waals surface area contributed by atoms with Crippen molar-refractivity contribution in [1.29, 1.82) is 0 Å². The van der Waals surface area contributed by atoms with Crippen molar-refractivity contribution in [2.75, 3.05) is 5.32 Å². The average molecular weight is 691 g/mol. The Hall–Kier alpha value is -3.36. The fraction of sp³-hybridized carbons (Fsp3) is 0.424. The van der Waals surface area contributed by atoms with E-state index in [4.69, 9.17) is 4.74 Å². The number of benzene rings is 3. The summed E-state index contributed by atoms with van der Waals surface area (Å²) in [7, 11) is 0. The largest absolute Gasteiger partial charge is 0.598 e. The number of amides is 1. The van der Waals surface area contributed by atoms with Crippen LogP contribution in [0.1, 0.15) is 91.4 Å². The molecule has 1 amide bonds. The molecular weight excluding hydrogens is 656 g/mol. The van der Waals surface area contributed by atoms with Crippen LogP contribution < -0.4 is 14.8 Å². The van der Waals surface area contributed by atoms with Crippen molar-refractivity contribution in [2.45, 2.75) is 88.9 Å². The number of halogens is 8. The van der Waals surface area contributed by atoms with E-state index in [1.807, 2.05) is 0 Å². The predicted molar refractivity (Wildman–Crippen MR) is 163 cm³/mol. The van der Waals surface area contributed by atoms with Crippen LogP contribution in [0.2, 0.25) is 0 Å². The molecule has 1 fully saturated rings. The van der Waals surface area contributed by atoms with Gasteiger partial charge >= 0.3 is 12.4 Å². The number of aryl methyl sites for hydroxylation is 1. The molecule has 1 aliphatic rings. The first-order valence-electron chi connectivity index (χ1n) is 14.7. The van der Waals surface area contributed by atoms with E-state index in [0.29, 0.717) is 24.5 Å². The number of carbonyl (C=O) groups is 1. The number of ether oxygens (including phenoxy) is 1. The van der Waals surface area contributed by atoms with Crippen molar-refractivity contribution in [3.05, 3.63) is 88.0 Å². The normalized spacial score (nSPS) is 16.0. The summed E-state index contributed by atoms with van der Waals surface area (Å²) in [5.74, 6) is -4.13. The first-order chi connectivity index (χ1) is 21.6. The molecule has 3 atom stereocenters. The molecule has 5 nitrogen and oxygen atoms in total. The Morgan fingerprint density at radius 2 is 1.64 bits per heavy atom. The van der Waals surface area contributed by atoms with Gasteiger partial charge in [-0.25, -0.2) is 8.78 Å². The van der Waals surface area contributed by atoms with E-state index in [9.17, 15) is 44.5 Å². The second-order valence-corrected chi connectivity index (χ2v) is 14.6. The quantitative estimate of drug-likeness (QED) is 0.164. The minimum atomic E-state index is -4.82. The summed E-state index contributed by atoms with van der Waals surface area (Å²) in [6.45, 7) is 7.33. The first-order valence-corrected chi connectivity index (χ1v) is 15.8. The molecule has 0 heterocycles. The third-order valence-electron chi connectivity index (χ3n) is 7.65. The van der Waals surface area contributed by atoms with Gasteiger partial charge in [-0.15, -0.1) is 4.72 Å². The van der Waals surface area contributed by atoms with Crippen LogP contribution in [-0.4, -0.2) is 27.4 Å². The van der Waals surface area contributed by atoms with E-state index in [0.717, 1.165) is 36.4 Å². The van der Waals surface area contributed by atoms with Gasteiger partial charge < -0.3 is 14.6 Å². The second kappa shape index (κ2) is 13.6. The molecule has 0 spiro atoms. The van der Waals surface area contributed by atoms with Crippen LogP contribution in [0.3, 0.4) is 0 Å². The zero-order chi connectivity index (χ0) is 35.1. The summed E-state index contributed by atoms with van der Waals surface area (Å²) in [6, 6.07) is 6.20. The minimum absolute atomic E-state index is 0.0538. The summed E-state index contributed by atoms with van der Waals surface area (Å²) >= 11 is -2.09. The molecular formula is C33H34F8N2O3S. The third-order valence-corrected chi connectivity index (χ3v) is 9.26. The van der Waals surface area contributed by atoms with Gasteiger partial charge in [-0.1, -0.05) is 6.92 Å². The number of hydrogen-bond donors (Lipinski definition) is 2. The maximum atomic E-state index is 14.9. The third kappa shape index (κ3) is 9.17. The average Bonchev–Trinajstić information content (AvgIpc) is 3.79. The van der Waals surface area contributed by atoms with Crippen LogP contribution in [0.5, 0.6) is 11.5 Å². The zero-order valence-electron chi connectivity index (χ0n) is 26.1. The molecule has 47 heavy (non-hydrogen) atoms. The van der Waals surface area contributed by atoms with E-state index in [1.54, 1.807) is 0 Å². The lowest BCUT2D eigenvalue weighted by molar-refractivity contribution is -0.153. The highest BCUT2D eigenvalue weighted by molar-refractivity contribution is 7.90. The summed E-state index contributed by atoms with van der Waals surface area (Å²) in [4.78, 5) is 13.5. The Kier molecular flexibility index (Phi) is 10.6. The lowest BCUT2D eigenvalue weighted by atomic mass is 9.93. The Balaban J connectivity index is 1.67. The van der Waals surface area contributed by atoms with E-state index in [-0.39, 0.29) is 28.3 Å². The Morgan fingerprint density at radius 1 is 0.979 bits per heavy atom. The Labute approximate surface area is 270 Å². The highest BCUT2D eigenvalue weighted by atomic mass is 32.2. The number of nitrogens with one attached hydrogen (secondary N) is 2. The van der Waals surface area contributed by atoms with E-state index in [1.165, 1.54) is 40.7 Å². The molecule has 0 radical (unpaired) electrons. The van der Waals surface area contributed by atoms with Gasteiger partial charge in [0.1, 0.15) is 33.9 Å².